The van der Waals surface area contributed by atoms with Crippen LogP contribution < -0.4 is 5.73 Å². The summed E-state index contributed by atoms with van der Waals surface area (Å²) in [7, 11) is 0. The molecule has 0 aromatic carbocycles. The molecule has 0 aromatic heterocycles. The molecule has 4 nitrogen and oxygen atoms in total. The summed E-state index contributed by atoms with van der Waals surface area (Å²) in [5, 5.41) is 18.5. The van der Waals surface area contributed by atoms with E-state index in [9.17, 15) is 10.2 Å². The second-order valence-corrected chi connectivity index (χ2v) is 5.73. The van der Waals surface area contributed by atoms with Crippen LogP contribution in [0.5, 0.6) is 0 Å². The van der Waals surface area contributed by atoms with E-state index in [2.05, 4.69) is 6.92 Å². The lowest BCUT2D eigenvalue weighted by molar-refractivity contribution is -0.165. The van der Waals surface area contributed by atoms with Crippen LogP contribution in [0.4, 0.5) is 0 Å². The Bertz CT molecular complexity index is 198. The van der Waals surface area contributed by atoms with Crippen molar-refractivity contribution in [3.63, 3.8) is 0 Å². The van der Waals surface area contributed by atoms with Gasteiger partial charge >= 0.3 is 0 Å². The van der Waals surface area contributed by atoms with E-state index in [1.54, 1.807) is 0 Å². The van der Waals surface area contributed by atoms with Gasteiger partial charge in [0.15, 0.2) is 5.79 Å². The van der Waals surface area contributed by atoms with Gasteiger partial charge in [0.2, 0.25) is 0 Å². The van der Waals surface area contributed by atoms with E-state index in [0.717, 1.165) is 6.42 Å². The largest absolute Gasteiger partial charge is 0.381 e. The number of hydrogen-bond donors (Lipinski definition) is 3. The third-order valence-electron chi connectivity index (χ3n) is 3.62. The fourth-order valence-electron chi connectivity index (χ4n) is 2.13. The number of hydrogen-bond acceptors (Lipinski definition) is 4. The van der Waals surface area contributed by atoms with E-state index in [1.807, 2.05) is 0 Å². The summed E-state index contributed by atoms with van der Waals surface area (Å²) in [6.45, 7) is 3.17. The maximum Gasteiger partial charge on any atom is 0.177 e. The Kier molecular flexibility index (Phi) is 13.7. The minimum atomic E-state index is -1.77. The third-order valence-corrected chi connectivity index (χ3v) is 3.62. The zero-order valence-electron chi connectivity index (χ0n) is 13.3. The van der Waals surface area contributed by atoms with Crippen molar-refractivity contribution in [2.45, 2.75) is 83.3 Å². The number of rotatable bonds is 15. The molecule has 0 aliphatic heterocycles. The van der Waals surface area contributed by atoms with Crippen molar-refractivity contribution >= 4 is 0 Å². The molecule has 0 aliphatic carbocycles. The number of aliphatic hydroxyl groups is 2. The highest BCUT2D eigenvalue weighted by Gasteiger charge is 2.19. The van der Waals surface area contributed by atoms with E-state index in [4.69, 9.17) is 10.5 Å². The second-order valence-electron chi connectivity index (χ2n) is 5.73. The SMILES string of the molecule is CCCCCCCCCCCCOCCC(O)(O)CN. The Morgan fingerprint density at radius 2 is 1.30 bits per heavy atom. The first-order valence-electron chi connectivity index (χ1n) is 8.35. The minimum absolute atomic E-state index is 0.144. The monoisotopic (exact) mass is 289 g/mol. The topological polar surface area (TPSA) is 75.7 Å². The molecule has 0 saturated carbocycles. The van der Waals surface area contributed by atoms with Crippen molar-refractivity contribution in [1.29, 1.82) is 0 Å². The molecular formula is C16H35NO3. The van der Waals surface area contributed by atoms with Crippen molar-refractivity contribution in [3.05, 3.63) is 0 Å². The van der Waals surface area contributed by atoms with Crippen LogP contribution in [0.1, 0.15) is 77.6 Å². The molecule has 0 saturated heterocycles. The summed E-state index contributed by atoms with van der Waals surface area (Å²) in [6, 6.07) is 0. The van der Waals surface area contributed by atoms with E-state index < -0.39 is 5.79 Å². The second kappa shape index (κ2) is 13.8. The van der Waals surface area contributed by atoms with Crippen molar-refractivity contribution < 1.29 is 14.9 Å². The van der Waals surface area contributed by atoms with Gasteiger partial charge in [-0.05, 0) is 6.42 Å². The Balaban J connectivity index is 3.06. The number of nitrogens with two attached hydrogens (primary N) is 1. The van der Waals surface area contributed by atoms with Gasteiger partial charge in [0.1, 0.15) is 0 Å². The molecule has 20 heavy (non-hydrogen) atoms. The van der Waals surface area contributed by atoms with Crippen LogP contribution in [0.25, 0.3) is 0 Å². The highest BCUT2D eigenvalue weighted by Crippen LogP contribution is 2.10. The molecule has 0 spiro atoms. The highest BCUT2D eigenvalue weighted by molar-refractivity contribution is 4.63. The molecule has 122 valence electrons. The van der Waals surface area contributed by atoms with Crippen molar-refractivity contribution in [2.75, 3.05) is 19.8 Å². The Morgan fingerprint density at radius 1 is 0.800 bits per heavy atom. The van der Waals surface area contributed by atoms with Crippen LogP contribution in [0.15, 0.2) is 0 Å². The van der Waals surface area contributed by atoms with E-state index >= 15 is 0 Å². The van der Waals surface area contributed by atoms with Gasteiger partial charge in [-0.1, -0.05) is 64.7 Å². The molecule has 0 radical (unpaired) electrons. The van der Waals surface area contributed by atoms with E-state index in [1.165, 1.54) is 57.8 Å². The first kappa shape index (κ1) is 19.8. The zero-order valence-corrected chi connectivity index (χ0v) is 13.3. The van der Waals surface area contributed by atoms with Crippen molar-refractivity contribution in [3.8, 4) is 0 Å². The summed E-state index contributed by atoms with van der Waals surface area (Å²) in [5.74, 6) is -1.77. The summed E-state index contributed by atoms with van der Waals surface area (Å²) >= 11 is 0. The Morgan fingerprint density at radius 3 is 1.80 bits per heavy atom. The van der Waals surface area contributed by atoms with Crippen LogP contribution >= 0.6 is 0 Å². The number of unbranched alkanes of at least 4 members (excludes halogenated alkanes) is 9. The maximum absolute atomic E-state index is 9.25. The van der Waals surface area contributed by atoms with Crippen LogP contribution in [-0.2, 0) is 4.74 Å². The molecule has 0 bridgehead atoms. The molecule has 0 atom stereocenters. The van der Waals surface area contributed by atoms with Gasteiger partial charge in [-0.25, -0.2) is 0 Å². The standard InChI is InChI=1S/C16H35NO3/c1-2-3-4-5-6-7-8-9-10-11-13-20-14-12-16(18,19)15-17/h18-19H,2-15,17H2,1H3. The van der Waals surface area contributed by atoms with E-state index in [-0.39, 0.29) is 13.0 Å². The molecule has 0 rings (SSSR count). The molecule has 0 aromatic rings. The molecule has 0 heterocycles. The van der Waals surface area contributed by atoms with Gasteiger partial charge in [-0.2, -0.15) is 0 Å². The summed E-state index contributed by atoms with van der Waals surface area (Å²) in [5.41, 5.74) is 5.20. The molecule has 0 amide bonds. The van der Waals surface area contributed by atoms with Gasteiger partial charge < -0.3 is 20.7 Å². The molecule has 4 N–H and O–H groups in total. The lowest BCUT2D eigenvalue weighted by Gasteiger charge is -2.18. The predicted molar refractivity (Wildman–Crippen MR) is 83.5 cm³/mol. The average Bonchev–Trinajstić information content (AvgIpc) is 2.44. The molecule has 0 unspecified atom stereocenters. The van der Waals surface area contributed by atoms with Gasteiger partial charge in [0, 0.05) is 19.6 Å². The van der Waals surface area contributed by atoms with Gasteiger partial charge in [-0.3, -0.25) is 0 Å². The van der Waals surface area contributed by atoms with Gasteiger partial charge in [0.05, 0.1) is 6.61 Å². The fourth-order valence-corrected chi connectivity index (χ4v) is 2.13. The lowest BCUT2D eigenvalue weighted by atomic mass is 10.1. The third kappa shape index (κ3) is 14.3. The number of ether oxygens (including phenoxy) is 1. The van der Waals surface area contributed by atoms with E-state index in [0.29, 0.717) is 13.2 Å². The average molecular weight is 289 g/mol. The van der Waals surface area contributed by atoms with Crippen molar-refractivity contribution in [2.24, 2.45) is 5.73 Å². The molecule has 4 heteroatoms. The predicted octanol–water partition coefficient (Wildman–Crippen LogP) is 2.95. The first-order chi connectivity index (χ1) is 9.62. The summed E-state index contributed by atoms with van der Waals surface area (Å²) in [4.78, 5) is 0. The highest BCUT2D eigenvalue weighted by atomic mass is 16.5. The van der Waals surface area contributed by atoms with Crippen LogP contribution in [0.2, 0.25) is 0 Å². The Labute approximate surface area is 124 Å². The maximum atomic E-state index is 9.25. The van der Waals surface area contributed by atoms with Crippen LogP contribution in [0, 0.1) is 0 Å². The smallest absolute Gasteiger partial charge is 0.177 e. The minimum Gasteiger partial charge on any atom is -0.381 e. The summed E-state index contributed by atoms with van der Waals surface area (Å²) in [6.07, 6.45) is 13.3. The Hall–Kier alpha value is -0.160. The van der Waals surface area contributed by atoms with Gasteiger partial charge in [0.25, 0.3) is 0 Å². The molecular weight excluding hydrogens is 254 g/mol. The van der Waals surface area contributed by atoms with Crippen LogP contribution in [-0.4, -0.2) is 35.8 Å². The quantitative estimate of drug-likeness (QED) is 0.320. The normalized spacial score (nSPS) is 12.0. The summed E-state index contributed by atoms with van der Waals surface area (Å²) < 4.78 is 5.37. The zero-order chi connectivity index (χ0) is 15.1. The molecule has 0 aliphatic rings. The van der Waals surface area contributed by atoms with Crippen LogP contribution in [0.3, 0.4) is 0 Å². The fraction of sp³-hybridized carbons (Fsp3) is 1.00. The lowest BCUT2D eigenvalue weighted by Crippen LogP contribution is -2.38. The molecule has 0 fully saturated rings. The van der Waals surface area contributed by atoms with Gasteiger partial charge in [-0.15, -0.1) is 0 Å². The van der Waals surface area contributed by atoms with Crippen molar-refractivity contribution in [1.82, 2.24) is 0 Å². The first-order valence-corrected chi connectivity index (χ1v) is 8.35.